The second-order valence-electron chi connectivity index (χ2n) is 5.27. The van der Waals surface area contributed by atoms with E-state index < -0.39 is 0 Å². The van der Waals surface area contributed by atoms with Crippen LogP contribution in [0.15, 0.2) is 42.5 Å². The fourth-order valence-corrected chi connectivity index (χ4v) is 2.15. The second-order valence-corrected chi connectivity index (χ2v) is 5.27. The third-order valence-electron chi connectivity index (χ3n) is 3.29. The maximum Gasteiger partial charge on any atom is -0.0187 e. The van der Waals surface area contributed by atoms with Crippen LogP contribution >= 0.6 is 0 Å². The van der Waals surface area contributed by atoms with E-state index in [-0.39, 0.29) is 0 Å². The molecule has 0 unspecified atom stereocenters. The van der Waals surface area contributed by atoms with Gasteiger partial charge in [-0.3, -0.25) is 0 Å². The lowest BCUT2D eigenvalue weighted by atomic mass is 9.97. The van der Waals surface area contributed by atoms with Gasteiger partial charge in [-0.15, -0.1) is 0 Å². The van der Waals surface area contributed by atoms with Gasteiger partial charge in [0, 0.05) is 0 Å². The molecule has 0 aliphatic heterocycles. The van der Waals surface area contributed by atoms with Crippen molar-refractivity contribution in [3.8, 4) is 0 Å². The quantitative estimate of drug-likeness (QED) is 0.677. The SMILES string of the molecule is CC(C)CCc1ccc(C2=CCCC=C2)cc1. The fraction of sp³-hybridized carbons (Fsp3) is 0.412. The zero-order chi connectivity index (χ0) is 12.1. The van der Waals surface area contributed by atoms with Crippen LogP contribution in [-0.4, -0.2) is 0 Å². The van der Waals surface area contributed by atoms with Crippen molar-refractivity contribution in [3.63, 3.8) is 0 Å². The van der Waals surface area contributed by atoms with Gasteiger partial charge in [0.15, 0.2) is 0 Å². The number of hydrogen-bond donors (Lipinski definition) is 0. The van der Waals surface area contributed by atoms with Gasteiger partial charge in [-0.2, -0.15) is 0 Å². The predicted octanol–water partition coefficient (Wildman–Crippen LogP) is 5.01. The van der Waals surface area contributed by atoms with Crippen molar-refractivity contribution in [2.45, 2.75) is 39.5 Å². The van der Waals surface area contributed by atoms with Crippen LogP contribution in [0.5, 0.6) is 0 Å². The molecule has 0 nitrogen and oxygen atoms in total. The highest BCUT2D eigenvalue weighted by Crippen LogP contribution is 2.22. The molecule has 0 aromatic heterocycles. The first-order valence-corrected chi connectivity index (χ1v) is 6.72. The molecule has 0 heterocycles. The third kappa shape index (κ3) is 3.59. The van der Waals surface area contributed by atoms with E-state index in [9.17, 15) is 0 Å². The normalized spacial score (nSPS) is 15.1. The van der Waals surface area contributed by atoms with Crippen molar-refractivity contribution in [2.75, 3.05) is 0 Å². The number of hydrogen-bond acceptors (Lipinski definition) is 0. The van der Waals surface area contributed by atoms with Crippen LogP contribution in [0, 0.1) is 5.92 Å². The van der Waals surface area contributed by atoms with E-state index >= 15 is 0 Å². The van der Waals surface area contributed by atoms with E-state index in [0.29, 0.717) is 0 Å². The summed E-state index contributed by atoms with van der Waals surface area (Å²) < 4.78 is 0. The Morgan fingerprint density at radius 2 is 1.82 bits per heavy atom. The minimum atomic E-state index is 0.790. The van der Waals surface area contributed by atoms with Gasteiger partial charge in [0.25, 0.3) is 0 Å². The van der Waals surface area contributed by atoms with Crippen LogP contribution in [0.1, 0.15) is 44.2 Å². The standard InChI is InChI=1S/C17H22/c1-14(2)8-9-15-10-12-17(13-11-15)16-6-4-3-5-7-16/h4,6-7,10-14H,3,5,8-9H2,1-2H3. The van der Waals surface area contributed by atoms with Crippen molar-refractivity contribution in [2.24, 2.45) is 5.92 Å². The van der Waals surface area contributed by atoms with E-state index in [1.165, 1.54) is 42.4 Å². The third-order valence-corrected chi connectivity index (χ3v) is 3.29. The summed E-state index contributed by atoms with van der Waals surface area (Å²) in [4.78, 5) is 0. The molecule has 90 valence electrons. The number of rotatable bonds is 4. The summed E-state index contributed by atoms with van der Waals surface area (Å²) in [5.41, 5.74) is 4.20. The van der Waals surface area contributed by atoms with Crippen LogP contribution in [0.3, 0.4) is 0 Å². The summed E-state index contributed by atoms with van der Waals surface area (Å²) in [5.74, 6) is 0.790. The Hall–Kier alpha value is -1.30. The lowest BCUT2D eigenvalue weighted by molar-refractivity contribution is 0.587. The lowest BCUT2D eigenvalue weighted by Crippen LogP contribution is -1.92. The van der Waals surface area contributed by atoms with Crippen molar-refractivity contribution in [1.82, 2.24) is 0 Å². The molecule has 0 spiro atoms. The summed E-state index contributed by atoms with van der Waals surface area (Å²) in [5, 5.41) is 0. The maximum absolute atomic E-state index is 2.34. The molecule has 1 aliphatic rings. The summed E-state index contributed by atoms with van der Waals surface area (Å²) in [7, 11) is 0. The summed E-state index contributed by atoms with van der Waals surface area (Å²) in [6.07, 6.45) is 11.7. The topological polar surface area (TPSA) is 0 Å². The van der Waals surface area contributed by atoms with Crippen molar-refractivity contribution in [1.29, 1.82) is 0 Å². The monoisotopic (exact) mass is 226 g/mol. The molecule has 0 saturated heterocycles. The molecular weight excluding hydrogens is 204 g/mol. The highest BCUT2D eigenvalue weighted by atomic mass is 14.1. The number of allylic oxidation sites excluding steroid dienone is 4. The molecular formula is C17H22. The Bertz CT molecular complexity index is 404. The molecule has 1 aromatic carbocycles. The molecule has 0 heteroatoms. The fourth-order valence-electron chi connectivity index (χ4n) is 2.15. The molecule has 2 rings (SSSR count). The van der Waals surface area contributed by atoms with Gasteiger partial charge in [-0.25, -0.2) is 0 Å². The van der Waals surface area contributed by atoms with Gasteiger partial charge in [0.1, 0.15) is 0 Å². The molecule has 1 aliphatic carbocycles. The lowest BCUT2D eigenvalue weighted by Gasteiger charge is -2.09. The van der Waals surface area contributed by atoms with Crippen LogP contribution in [0.4, 0.5) is 0 Å². The smallest absolute Gasteiger partial charge is 0.0187 e. The van der Waals surface area contributed by atoms with Gasteiger partial charge in [-0.05, 0) is 48.3 Å². The number of benzene rings is 1. The molecule has 0 bridgehead atoms. The van der Waals surface area contributed by atoms with E-state index in [1.807, 2.05) is 0 Å². The summed E-state index contributed by atoms with van der Waals surface area (Å²) >= 11 is 0. The highest BCUT2D eigenvalue weighted by Gasteiger charge is 2.02. The molecule has 0 radical (unpaired) electrons. The number of aryl methyl sites for hydroxylation is 1. The molecule has 0 saturated carbocycles. The Morgan fingerprint density at radius 3 is 2.41 bits per heavy atom. The Kier molecular flexibility index (Phi) is 4.19. The molecule has 0 atom stereocenters. The average Bonchev–Trinajstić information content (AvgIpc) is 2.38. The second kappa shape index (κ2) is 5.86. The van der Waals surface area contributed by atoms with Crippen LogP contribution in [-0.2, 0) is 6.42 Å². The Balaban J connectivity index is 2.02. The van der Waals surface area contributed by atoms with E-state index in [0.717, 1.165) is 5.92 Å². The molecule has 0 N–H and O–H groups in total. The van der Waals surface area contributed by atoms with Crippen molar-refractivity contribution < 1.29 is 0 Å². The van der Waals surface area contributed by atoms with E-state index in [1.54, 1.807) is 0 Å². The molecule has 17 heavy (non-hydrogen) atoms. The molecule has 0 amide bonds. The first-order chi connectivity index (χ1) is 8.25. The van der Waals surface area contributed by atoms with E-state index in [2.05, 4.69) is 56.3 Å². The van der Waals surface area contributed by atoms with Crippen LogP contribution in [0.25, 0.3) is 5.57 Å². The predicted molar refractivity (Wildman–Crippen MR) is 76.0 cm³/mol. The van der Waals surface area contributed by atoms with Gasteiger partial charge < -0.3 is 0 Å². The van der Waals surface area contributed by atoms with Crippen molar-refractivity contribution in [3.05, 3.63) is 53.6 Å². The van der Waals surface area contributed by atoms with Crippen LogP contribution in [0.2, 0.25) is 0 Å². The first kappa shape index (κ1) is 12.2. The van der Waals surface area contributed by atoms with Gasteiger partial charge in [-0.1, -0.05) is 56.3 Å². The highest BCUT2D eigenvalue weighted by molar-refractivity contribution is 5.74. The molecule has 0 fully saturated rings. The zero-order valence-corrected chi connectivity index (χ0v) is 10.9. The van der Waals surface area contributed by atoms with Crippen molar-refractivity contribution >= 4 is 5.57 Å². The average molecular weight is 226 g/mol. The minimum Gasteiger partial charge on any atom is -0.0836 e. The van der Waals surface area contributed by atoms with Gasteiger partial charge >= 0.3 is 0 Å². The molecule has 1 aromatic rings. The van der Waals surface area contributed by atoms with Gasteiger partial charge in [0.05, 0.1) is 0 Å². The maximum atomic E-state index is 2.34. The Labute approximate surface area is 105 Å². The van der Waals surface area contributed by atoms with Crippen LogP contribution < -0.4 is 0 Å². The van der Waals surface area contributed by atoms with Gasteiger partial charge in [0.2, 0.25) is 0 Å². The minimum absolute atomic E-state index is 0.790. The summed E-state index contributed by atoms with van der Waals surface area (Å²) in [6, 6.07) is 9.08. The zero-order valence-electron chi connectivity index (χ0n) is 10.9. The first-order valence-electron chi connectivity index (χ1n) is 6.72. The largest absolute Gasteiger partial charge is 0.0836 e. The summed E-state index contributed by atoms with van der Waals surface area (Å²) in [6.45, 7) is 4.57. The van der Waals surface area contributed by atoms with E-state index in [4.69, 9.17) is 0 Å². The Morgan fingerprint density at radius 1 is 1.06 bits per heavy atom.